The van der Waals surface area contributed by atoms with Crippen LogP contribution in [0.15, 0.2) is 48.5 Å². The van der Waals surface area contributed by atoms with Crippen LogP contribution in [0.4, 0.5) is 0 Å². The predicted octanol–water partition coefficient (Wildman–Crippen LogP) is 4.73. The van der Waals surface area contributed by atoms with Crippen LogP contribution < -0.4 is 0 Å². The number of rotatable bonds is 8. The highest BCUT2D eigenvalue weighted by Gasteiger charge is 2.07. The van der Waals surface area contributed by atoms with E-state index in [1.54, 1.807) is 12.1 Å². The molecule has 2 rings (SSSR count). The fourth-order valence-corrected chi connectivity index (χ4v) is 2.69. The third kappa shape index (κ3) is 5.86. The van der Waals surface area contributed by atoms with Crippen molar-refractivity contribution in [3.63, 3.8) is 0 Å². The SMILES string of the molecule is COC(=O)c1ccc(CCC(=O)CCc2ccc(C(C)C)cc2)cc1. The largest absolute Gasteiger partial charge is 0.465 e. The minimum atomic E-state index is -0.342. The second-order valence-corrected chi connectivity index (χ2v) is 6.62. The first-order chi connectivity index (χ1) is 12.0. The normalized spacial score (nSPS) is 10.7. The third-order valence-corrected chi connectivity index (χ3v) is 4.41. The molecule has 0 saturated heterocycles. The van der Waals surface area contributed by atoms with Crippen molar-refractivity contribution in [1.82, 2.24) is 0 Å². The summed E-state index contributed by atoms with van der Waals surface area (Å²) in [4.78, 5) is 23.5. The van der Waals surface area contributed by atoms with E-state index in [1.165, 1.54) is 18.2 Å². The average Bonchev–Trinajstić information content (AvgIpc) is 2.64. The van der Waals surface area contributed by atoms with Gasteiger partial charge in [-0.25, -0.2) is 4.79 Å². The number of ether oxygens (including phenoxy) is 1. The second kappa shape index (κ2) is 9.16. The van der Waals surface area contributed by atoms with Crippen LogP contribution in [0.1, 0.15) is 59.7 Å². The van der Waals surface area contributed by atoms with Crippen LogP contribution in [-0.4, -0.2) is 18.9 Å². The molecule has 0 aromatic heterocycles. The molecule has 0 aliphatic rings. The number of benzene rings is 2. The number of ketones is 1. The number of Topliss-reactive ketones (excluding diaryl/α,β-unsaturated/α-hetero) is 1. The summed E-state index contributed by atoms with van der Waals surface area (Å²) < 4.78 is 4.68. The van der Waals surface area contributed by atoms with Gasteiger partial charge in [-0.3, -0.25) is 4.79 Å². The Morgan fingerprint density at radius 1 is 0.840 bits per heavy atom. The molecule has 0 spiro atoms. The molecule has 2 aromatic carbocycles. The van der Waals surface area contributed by atoms with Crippen molar-refractivity contribution in [2.24, 2.45) is 0 Å². The van der Waals surface area contributed by atoms with Crippen LogP contribution in [0.5, 0.6) is 0 Å². The second-order valence-electron chi connectivity index (χ2n) is 6.62. The Kier molecular flexibility index (Phi) is 6.93. The minimum Gasteiger partial charge on any atom is -0.465 e. The molecule has 0 saturated carbocycles. The fraction of sp³-hybridized carbons (Fsp3) is 0.364. The number of aryl methyl sites for hydroxylation is 2. The highest BCUT2D eigenvalue weighted by atomic mass is 16.5. The molecular formula is C22H26O3. The van der Waals surface area contributed by atoms with Crippen molar-refractivity contribution < 1.29 is 14.3 Å². The monoisotopic (exact) mass is 338 g/mol. The highest BCUT2D eigenvalue weighted by molar-refractivity contribution is 5.89. The molecule has 3 heteroatoms. The summed E-state index contributed by atoms with van der Waals surface area (Å²) in [5, 5.41) is 0. The number of hydrogen-bond donors (Lipinski definition) is 0. The molecule has 0 radical (unpaired) electrons. The zero-order valence-corrected chi connectivity index (χ0v) is 15.2. The van der Waals surface area contributed by atoms with Gasteiger partial charge in [-0.1, -0.05) is 50.2 Å². The van der Waals surface area contributed by atoms with Crippen LogP contribution >= 0.6 is 0 Å². The smallest absolute Gasteiger partial charge is 0.337 e. The van der Waals surface area contributed by atoms with Gasteiger partial charge in [0.25, 0.3) is 0 Å². The number of methoxy groups -OCH3 is 1. The molecule has 0 amide bonds. The molecule has 0 aliphatic carbocycles. The van der Waals surface area contributed by atoms with E-state index in [0.29, 0.717) is 30.7 Å². The van der Waals surface area contributed by atoms with E-state index >= 15 is 0 Å². The van der Waals surface area contributed by atoms with E-state index < -0.39 is 0 Å². The van der Waals surface area contributed by atoms with E-state index in [9.17, 15) is 9.59 Å². The molecule has 0 unspecified atom stereocenters. The van der Waals surface area contributed by atoms with E-state index in [4.69, 9.17) is 0 Å². The van der Waals surface area contributed by atoms with Gasteiger partial charge in [0.15, 0.2) is 0 Å². The standard InChI is InChI=1S/C22H26O3/c1-16(2)19-10-4-17(5-11-19)8-14-21(23)15-9-18-6-12-20(13-7-18)22(24)25-3/h4-7,10-13,16H,8-9,14-15H2,1-3H3. The first kappa shape index (κ1) is 18.9. The van der Waals surface area contributed by atoms with Gasteiger partial charge in [0.2, 0.25) is 0 Å². The number of esters is 1. The molecule has 2 aromatic rings. The quantitative estimate of drug-likeness (QED) is 0.654. The molecule has 3 nitrogen and oxygen atoms in total. The summed E-state index contributed by atoms with van der Waals surface area (Å²) >= 11 is 0. The Morgan fingerprint density at radius 2 is 1.32 bits per heavy atom. The highest BCUT2D eigenvalue weighted by Crippen LogP contribution is 2.16. The molecule has 0 N–H and O–H groups in total. The van der Waals surface area contributed by atoms with E-state index in [2.05, 4.69) is 42.8 Å². The predicted molar refractivity (Wildman–Crippen MR) is 100.0 cm³/mol. The van der Waals surface area contributed by atoms with Crippen LogP contribution in [0.25, 0.3) is 0 Å². The van der Waals surface area contributed by atoms with Gasteiger partial charge in [-0.2, -0.15) is 0 Å². The number of hydrogen-bond acceptors (Lipinski definition) is 3. The Balaban J connectivity index is 1.77. The maximum absolute atomic E-state index is 12.1. The lowest BCUT2D eigenvalue weighted by molar-refractivity contribution is -0.119. The van der Waals surface area contributed by atoms with Crippen molar-refractivity contribution in [3.05, 3.63) is 70.8 Å². The number of carbonyl (C=O) groups excluding carboxylic acids is 2. The molecular weight excluding hydrogens is 312 g/mol. The average molecular weight is 338 g/mol. The van der Waals surface area contributed by atoms with Crippen molar-refractivity contribution in [2.45, 2.75) is 45.4 Å². The van der Waals surface area contributed by atoms with Gasteiger partial charge < -0.3 is 4.74 Å². The molecule has 0 aliphatic heterocycles. The summed E-state index contributed by atoms with van der Waals surface area (Å²) in [6.45, 7) is 4.35. The molecule has 0 atom stereocenters. The van der Waals surface area contributed by atoms with Crippen LogP contribution in [0.2, 0.25) is 0 Å². The summed E-state index contributed by atoms with van der Waals surface area (Å²) in [6.07, 6.45) is 2.59. The Morgan fingerprint density at radius 3 is 1.76 bits per heavy atom. The minimum absolute atomic E-state index is 0.269. The lowest BCUT2D eigenvalue weighted by Crippen LogP contribution is -2.03. The summed E-state index contributed by atoms with van der Waals surface area (Å²) in [5.41, 5.74) is 4.12. The lowest BCUT2D eigenvalue weighted by atomic mass is 9.98. The van der Waals surface area contributed by atoms with Gasteiger partial charge in [0.1, 0.15) is 5.78 Å². The third-order valence-electron chi connectivity index (χ3n) is 4.41. The van der Waals surface area contributed by atoms with Crippen molar-refractivity contribution in [2.75, 3.05) is 7.11 Å². The van der Waals surface area contributed by atoms with Gasteiger partial charge >= 0.3 is 5.97 Å². The van der Waals surface area contributed by atoms with Crippen molar-refractivity contribution >= 4 is 11.8 Å². The molecule has 0 bridgehead atoms. The molecule has 0 heterocycles. The topological polar surface area (TPSA) is 43.4 Å². The Bertz CT molecular complexity index is 697. The van der Waals surface area contributed by atoms with E-state index in [-0.39, 0.29) is 11.8 Å². The Labute approximate surface area is 150 Å². The van der Waals surface area contributed by atoms with E-state index in [0.717, 1.165) is 12.0 Å². The van der Waals surface area contributed by atoms with Gasteiger partial charge in [0, 0.05) is 12.8 Å². The molecule has 0 fully saturated rings. The van der Waals surface area contributed by atoms with Crippen LogP contribution in [0, 0.1) is 0 Å². The van der Waals surface area contributed by atoms with Gasteiger partial charge in [-0.15, -0.1) is 0 Å². The van der Waals surface area contributed by atoms with Gasteiger partial charge in [-0.05, 0) is 47.6 Å². The maximum atomic E-state index is 12.1. The zero-order valence-electron chi connectivity index (χ0n) is 15.2. The molecule has 25 heavy (non-hydrogen) atoms. The molecule has 132 valence electrons. The number of carbonyl (C=O) groups is 2. The van der Waals surface area contributed by atoms with Crippen LogP contribution in [0.3, 0.4) is 0 Å². The Hall–Kier alpha value is -2.42. The van der Waals surface area contributed by atoms with Crippen molar-refractivity contribution in [1.29, 1.82) is 0 Å². The van der Waals surface area contributed by atoms with Crippen LogP contribution in [-0.2, 0) is 22.4 Å². The lowest BCUT2D eigenvalue weighted by Gasteiger charge is -2.07. The van der Waals surface area contributed by atoms with Crippen molar-refractivity contribution in [3.8, 4) is 0 Å². The van der Waals surface area contributed by atoms with Gasteiger partial charge in [0.05, 0.1) is 12.7 Å². The zero-order chi connectivity index (χ0) is 18.2. The first-order valence-corrected chi connectivity index (χ1v) is 8.77. The first-order valence-electron chi connectivity index (χ1n) is 8.77. The van der Waals surface area contributed by atoms with E-state index in [1.807, 2.05) is 12.1 Å². The fourth-order valence-electron chi connectivity index (χ4n) is 2.69. The summed E-state index contributed by atoms with van der Waals surface area (Å²) in [7, 11) is 1.37. The summed E-state index contributed by atoms with van der Waals surface area (Å²) in [5.74, 6) is 0.456. The summed E-state index contributed by atoms with van der Waals surface area (Å²) in [6, 6.07) is 15.8. The maximum Gasteiger partial charge on any atom is 0.337 e.